The van der Waals surface area contributed by atoms with Crippen molar-refractivity contribution in [2.75, 3.05) is 6.54 Å². The zero-order valence-corrected chi connectivity index (χ0v) is 11.1. The van der Waals surface area contributed by atoms with E-state index in [1.165, 1.54) is 4.90 Å². The maximum absolute atomic E-state index is 11.9. The average Bonchev–Trinajstić information content (AvgIpc) is 2.77. The van der Waals surface area contributed by atoms with Gasteiger partial charge in [-0.3, -0.25) is 4.79 Å². The standard InChI is InChI=1S/C12H20N2O5/c1-7(10(15)16)6-8(2)13-12(19)14-5-3-4-9(14)11(17)18/h7-9H,3-6H2,1-2H3,(H,13,19)(H,15,16)(H,17,18)/t7-,8?,9+/m1/s1. The molecule has 0 bridgehead atoms. The van der Waals surface area contributed by atoms with Crippen LogP contribution < -0.4 is 5.32 Å². The first kappa shape index (κ1) is 15.3. The molecule has 3 atom stereocenters. The summed E-state index contributed by atoms with van der Waals surface area (Å²) in [5.41, 5.74) is 0. The number of nitrogens with one attached hydrogen (secondary N) is 1. The summed E-state index contributed by atoms with van der Waals surface area (Å²) in [6.07, 6.45) is 1.44. The Morgan fingerprint density at radius 2 is 1.95 bits per heavy atom. The van der Waals surface area contributed by atoms with Crippen LogP contribution in [-0.2, 0) is 9.59 Å². The van der Waals surface area contributed by atoms with E-state index in [1.54, 1.807) is 13.8 Å². The molecular weight excluding hydrogens is 252 g/mol. The van der Waals surface area contributed by atoms with Crippen LogP contribution in [0.5, 0.6) is 0 Å². The Bertz CT molecular complexity index is 371. The monoisotopic (exact) mass is 272 g/mol. The molecule has 0 aromatic heterocycles. The number of carbonyl (C=O) groups excluding carboxylic acids is 1. The Hall–Kier alpha value is -1.79. The fraction of sp³-hybridized carbons (Fsp3) is 0.750. The summed E-state index contributed by atoms with van der Waals surface area (Å²) in [7, 11) is 0. The van der Waals surface area contributed by atoms with Gasteiger partial charge in [0.2, 0.25) is 0 Å². The van der Waals surface area contributed by atoms with Gasteiger partial charge < -0.3 is 20.4 Å². The van der Waals surface area contributed by atoms with E-state index in [4.69, 9.17) is 10.2 Å². The second-order valence-electron chi connectivity index (χ2n) is 5.02. The number of amides is 2. The van der Waals surface area contributed by atoms with E-state index in [2.05, 4.69) is 5.32 Å². The summed E-state index contributed by atoms with van der Waals surface area (Å²) < 4.78 is 0. The van der Waals surface area contributed by atoms with E-state index >= 15 is 0 Å². The number of nitrogens with zero attached hydrogens (tertiary/aromatic N) is 1. The van der Waals surface area contributed by atoms with Gasteiger partial charge in [0.25, 0.3) is 0 Å². The summed E-state index contributed by atoms with van der Waals surface area (Å²) in [6, 6.07) is -1.52. The molecule has 1 aliphatic rings. The lowest BCUT2D eigenvalue weighted by Gasteiger charge is -2.25. The molecule has 0 aromatic rings. The molecule has 3 N–H and O–H groups in total. The Kier molecular flexibility index (Phi) is 5.14. The van der Waals surface area contributed by atoms with E-state index in [0.29, 0.717) is 25.8 Å². The van der Waals surface area contributed by atoms with E-state index in [-0.39, 0.29) is 6.04 Å². The third-order valence-corrected chi connectivity index (χ3v) is 3.30. The van der Waals surface area contributed by atoms with Gasteiger partial charge in [0.05, 0.1) is 5.92 Å². The highest BCUT2D eigenvalue weighted by Crippen LogP contribution is 2.17. The van der Waals surface area contributed by atoms with Crippen molar-refractivity contribution in [3.8, 4) is 0 Å². The first-order valence-electron chi connectivity index (χ1n) is 6.35. The molecule has 0 aromatic carbocycles. The Morgan fingerprint density at radius 1 is 1.32 bits per heavy atom. The largest absolute Gasteiger partial charge is 0.481 e. The number of urea groups is 1. The van der Waals surface area contributed by atoms with Crippen molar-refractivity contribution in [1.29, 1.82) is 0 Å². The van der Waals surface area contributed by atoms with Crippen LogP contribution in [-0.4, -0.2) is 51.7 Å². The van der Waals surface area contributed by atoms with E-state index in [0.717, 1.165) is 0 Å². The summed E-state index contributed by atoms with van der Waals surface area (Å²) in [4.78, 5) is 34.9. The highest BCUT2D eigenvalue weighted by molar-refractivity contribution is 5.83. The van der Waals surface area contributed by atoms with Gasteiger partial charge in [-0.2, -0.15) is 0 Å². The summed E-state index contributed by atoms with van der Waals surface area (Å²) >= 11 is 0. The topological polar surface area (TPSA) is 107 Å². The number of aliphatic carboxylic acids is 2. The SMILES string of the molecule is CC(C[C@@H](C)C(=O)O)NC(=O)N1CCC[C@H]1C(=O)O. The third-order valence-electron chi connectivity index (χ3n) is 3.30. The minimum atomic E-state index is -1.00. The summed E-state index contributed by atoms with van der Waals surface area (Å²) in [5.74, 6) is -2.46. The zero-order valence-electron chi connectivity index (χ0n) is 11.1. The quantitative estimate of drug-likeness (QED) is 0.684. The first-order valence-corrected chi connectivity index (χ1v) is 6.35. The molecule has 2 amide bonds. The molecule has 0 aliphatic carbocycles. The first-order chi connectivity index (χ1) is 8.82. The summed E-state index contributed by atoms with van der Waals surface area (Å²) in [5, 5.41) is 20.4. The minimum absolute atomic E-state index is 0.311. The molecule has 108 valence electrons. The van der Waals surface area contributed by atoms with Crippen LogP contribution in [0.25, 0.3) is 0 Å². The number of hydrogen-bond acceptors (Lipinski definition) is 3. The molecule has 1 rings (SSSR count). The predicted molar refractivity (Wildman–Crippen MR) is 66.8 cm³/mol. The maximum Gasteiger partial charge on any atom is 0.326 e. The van der Waals surface area contributed by atoms with Crippen LogP contribution in [0.4, 0.5) is 4.79 Å². The van der Waals surface area contributed by atoms with Crippen LogP contribution in [0.2, 0.25) is 0 Å². The van der Waals surface area contributed by atoms with Gasteiger partial charge in [-0.15, -0.1) is 0 Å². The van der Waals surface area contributed by atoms with E-state index < -0.39 is 29.9 Å². The Labute approximate surface area is 111 Å². The molecule has 1 fully saturated rings. The van der Waals surface area contributed by atoms with Crippen LogP contribution in [0.3, 0.4) is 0 Å². The van der Waals surface area contributed by atoms with E-state index in [9.17, 15) is 14.4 Å². The van der Waals surface area contributed by atoms with Crippen molar-refractivity contribution < 1.29 is 24.6 Å². The van der Waals surface area contributed by atoms with Gasteiger partial charge >= 0.3 is 18.0 Å². The number of carboxylic acids is 2. The van der Waals surface area contributed by atoms with Gasteiger partial charge in [-0.05, 0) is 26.2 Å². The van der Waals surface area contributed by atoms with Gasteiger partial charge in [0.15, 0.2) is 0 Å². The van der Waals surface area contributed by atoms with Crippen molar-refractivity contribution in [2.24, 2.45) is 5.92 Å². The Morgan fingerprint density at radius 3 is 2.47 bits per heavy atom. The lowest BCUT2D eigenvalue weighted by atomic mass is 10.0. The van der Waals surface area contributed by atoms with Crippen LogP contribution in [0.15, 0.2) is 0 Å². The third kappa shape index (κ3) is 4.11. The van der Waals surface area contributed by atoms with Crippen molar-refractivity contribution >= 4 is 18.0 Å². The van der Waals surface area contributed by atoms with Gasteiger partial charge in [0, 0.05) is 12.6 Å². The predicted octanol–water partition coefficient (Wildman–Crippen LogP) is 0.744. The highest BCUT2D eigenvalue weighted by Gasteiger charge is 2.34. The normalized spacial score (nSPS) is 21.8. The molecule has 1 heterocycles. The van der Waals surface area contributed by atoms with E-state index in [1.807, 2.05) is 0 Å². The van der Waals surface area contributed by atoms with Gasteiger partial charge in [-0.25, -0.2) is 9.59 Å². The molecule has 7 heteroatoms. The van der Waals surface area contributed by atoms with Crippen LogP contribution in [0.1, 0.15) is 33.1 Å². The zero-order chi connectivity index (χ0) is 14.6. The van der Waals surface area contributed by atoms with Crippen LogP contribution in [0, 0.1) is 5.92 Å². The fourth-order valence-electron chi connectivity index (χ4n) is 2.25. The van der Waals surface area contributed by atoms with Gasteiger partial charge in [0.1, 0.15) is 6.04 Å². The number of rotatable bonds is 5. The number of carboxylic acid groups (broad SMARTS) is 2. The fourth-order valence-corrected chi connectivity index (χ4v) is 2.25. The van der Waals surface area contributed by atoms with Crippen molar-refractivity contribution in [2.45, 2.75) is 45.2 Å². The molecule has 1 saturated heterocycles. The van der Waals surface area contributed by atoms with Crippen molar-refractivity contribution in [3.63, 3.8) is 0 Å². The van der Waals surface area contributed by atoms with Crippen LogP contribution >= 0.6 is 0 Å². The molecule has 0 radical (unpaired) electrons. The molecular formula is C12H20N2O5. The lowest BCUT2D eigenvalue weighted by molar-refractivity contribution is -0.142. The molecule has 1 unspecified atom stereocenters. The molecule has 0 spiro atoms. The second kappa shape index (κ2) is 6.40. The van der Waals surface area contributed by atoms with Crippen molar-refractivity contribution in [1.82, 2.24) is 10.2 Å². The smallest absolute Gasteiger partial charge is 0.326 e. The maximum atomic E-state index is 11.9. The lowest BCUT2D eigenvalue weighted by Crippen LogP contribution is -2.48. The number of hydrogen-bond donors (Lipinski definition) is 3. The Balaban J connectivity index is 2.50. The number of carbonyl (C=O) groups is 3. The van der Waals surface area contributed by atoms with Gasteiger partial charge in [-0.1, -0.05) is 6.92 Å². The number of likely N-dealkylation sites (tertiary alicyclic amines) is 1. The molecule has 0 saturated carbocycles. The second-order valence-corrected chi connectivity index (χ2v) is 5.02. The molecule has 7 nitrogen and oxygen atoms in total. The minimum Gasteiger partial charge on any atom is -0.481 e. The van der Waals surface area contributed by atoms with Crippen molar-refractivity contribution in [3.05, 3.63) is 0 Å². The highest BCUT2D eigenvalue weighted by atomic mass is 16.4. The molecule has 1 aliphatic heterocycles. The average molecular weight is 272 g/mol. The summed E-state index contributed by atoms with van der Waals surface area (Å²) in [6.45, 7) is 3.70. The molecule has 19 heavy (non-hydrogen) atoms.